The van der Waals surface area contributed by atoms with E-state index in [2.05, 4.69) is 15.5 Å². The quantitative estimate of drug-likeness (QED) is 0.0611. The Bertz CT molecular complexity index is 1870. The minimum absolute atomic E-state index is 0.00538. The number of thioether (sulfide) groups is 1. The first-order valence-corrected chi connectivity index (χ1v) is 17.9. The number of thiazole rings is 1. The van der Waals surface area contributed by atoms with Crippen LogP contribution in [0.5, 0.6) is 11.5 Å². The Hall–Kier alpha value is -4.95. The third kappa shape index (κ3) is 6.53. The van der Waals surface area contributed by atoms with Crippen molar-refractivity contribution in [1.82, 2.24) is 20.1 Å². The van der Waals surface area contributed by atoms with Crippen molar-refractivity contribution in [2.75, 3.05) is 44.2 Å². The van der Waals surface area contributed by atoms with Crippen LogP contribution < -0.4 is 11.1 Å². The lowest BCUT2D eigenvalue weighted by molar-refractivity contribution is -0.938. The summed E-state index contributed by atoms with van der Waals surface area (Å²) in [5, 5.41) is 46.2. The average molecular weight is 749 g/mol. The number of piperazine rings is 1. The number of rotatable bonds is 11. The minimum Gasteiger partial charge on any atom is -0.504 e. The van der Waals surface area contributed by atoms with Crippen molar-refractivity contribution in [2.45, 2.75) is 49.7 Å². The number of nitrogen functional groups attached to an aromatic ring is 1. The number of hydrogen-bond acceptors (Lipinski definition) is 13. The van der Waals surface area contributed by atoms with Crippen LogP contribution in [-0.4, -0.2) is 137 Å². The highest BCUT2D eigenvalue weighted by atomic mass is 32.2. The van der Waals surface area contributed by atoms with Crippen LogP contribution in [0.4, 0.5) is 9.52 Å². The second-order valence-electron chi connectivity index (χ2n) is 12.6. The zero-order chi connectivity index (χ0) is 36.8. The number of fused-ring (bicyclic) bond motifs is 2. The Kier molecular flexibility index (Phi) is 9.84. The number of carbonyl (C=O) groups excluding carboxylic acids is 3. The van der Waals surface area contributed by atoms with Crippen molar-refractivity contribution >= 4 is 63.6 Å². The number of anilines is 1. The van der Waals surface area contributed by atoms with Gasteiger partial charge < -0.3 is 45.7 Å². The Labute approximate surface area is 297 Å². The smallest absolute Gasteiger partial charge is 0.352 e. The van der Waals surface area contributed by atoms with E-state index in [0.29, 0.717) is 29.7 Å². The van der Waals surface area contributed by atoms with Crippen LogP contribution in [0.1, 0.15) is 42.2 Å². The molecule has 4 aliphatic heterocycles. The molecular formula is C31H35FN7O10S2+. The van der Waals surface area contributed by atoms with E-state index in [1.54, 1.807) is 6.92 Å². The van der Waals surface area contributed by atoms with Crippen molar-refractivity contribution in [3.05, 3.63) is 45.9 Å². The van der Waals surface area contributed by atoms with Crippen LogP contribution >= 0.6 is 23.1 Å². The van der Waals surface area contributed by atoms with Crippen LogP contribution in [0.2, 0.25) is 0 Å². The molecule has 0 spiro atoms. The van der Waals surface area contributed by atoms with Gasteiger partial charge in [-0.3, -0.25) is 19.3 Å². The summed E-state index contributed by atoms with van der Waals surface area (Å²) < 4.78 is 15.1. The largest absolute Gasteiger partial charge is 0.504 e. The predicted molar refractivity (Wildman–Crippen MR) is 179 cm³/mol. The fourth-order valence-electron chi connectivity index (χ4n) is 7.09. The van der Waals surface area contributed by atoms with Crippen molar-refractivity contribution < 1.29 is 58.1 Å². The number of phenolic OH excluding ortho intramolecular Hbond substituents is 2. The SMILES string of the molecule is CC[C@H](O/N=C(\C(=O)N[C@@H]1C(=O)N2C(C(=O)O)=C(C[N@+]34CCC[C@H]3CN(C(=O)c3ccc(O)c(O)c3F)CC4)CS[C@H]12)c1csc(N)n1)C(=O)O. The first kappa shape index (κ1) is 35.9. The molecule has 5 atom stereocenters. The second-order valence-corrected chi connectivity index (χ2v) is 14.6. The van der Waals surface area contributed by atoms with Gasteiger partial charge >= 0.3 is 11.9 Å². The summed E-state index contributed by atoms with van der Waals surface area (Å²) in [4.78, 5) is 76.1. The molecule has 3 amide bonds. The van der Waals surface area contributed by atoms with Crippen LogP contribution in [0.25, 0.3) is 0 Å². The molecule has 0 aliphatic carbocycles. The molecule has 4 aliphatic rings. The molecule has 2 aromatic rings. The van der Waals surface area contributed by atoms with E-state index in [0.717, 1.165) is 41.2 Å². The third-order valence-corrected chi connectivity index (χ3v) is 11.7. The van der Waals surface area contributed by atoms with Crippen molar-refractivity contribution in [2.24, 2.45) is 5.16 Å². The number of carbonyl (C=O) groups is 5. The van der Waals surface area contributed by atoms with Gasteiger partial charge in [0.1, 0.15) is 35.4 Å². The molecule has 5 heterocycles. The number of amides is 3. The fourth-order valence-corrected chi connectivity index (χ4v) is 8.97. The summed E-state index contributed by atoms with van der Waals surface area (Å²) in [5.41, 5.74) is 5.34. The average Bonchev–Trinajstić information content (AvgIpc) is 3.72. The number of aromatic hydroxyl groups is 2. The van der Waals surface area contributed by atoms with E-state index in [9.17, 15) is 48.8 Å². The topological polar surface area (TPSA) is 245 Å². The van der Waals surface area contributed by atoms with Gasteiger partial charge in [-0.05, 0) is 18.6 Å². The Morgan fingerprint density at radius 3 is 2.67 bits per heavy atom. The number of quaternary nitrogens is 1. The molecule has 0 saturated carbocycles. The highest BCUT2D eigenvalue weighted by Gasteiger charge is 2.56. The Balaban J connectivity index is 1.18. The van der Waals surface area contributed by atoms with Gasteiger partial charge in [-0.2, -0.15) is 0 Å². The zero-order valence-corrected chi connectivity index (χ0v) is 28.8. The van der Waals surface area contributed by atoms with Gasteiger partial charge in [0.05, 0.1) is 31.7 Å². The number of nitrogens with two attached hydrogens (primary N) is 1. The number of carboxylic acid groups (broad SMARTS) is 2. The summed E-state index contributed by atoms with van der Waals surface area (Å²) in [7, 11) is 0. The number of oxime groups is 1. The third-order valence-electron chi connectivity index (χ3n) is 9.71. The molecule has 7 N–H and O–H groups in total. The molecule has 51 heavy (non-hydrogen) atoms. The molecule has 0 radical (unpaired) electrons. The van der Waals surface area contributed by atoms with Crippen LogP contribution in [0.15, 0.2) is 33.9 Å². The van der Waals surface area contributed by atoms with Gasteiger partial charge in [-0.15, -0.1) is 23.1 Å². The maximum atomic E-state index is 14.6. The van der Waals surface area contributed by atoms with Crippen LogP contribution in [0, 0.1) is 5.82 Å². The summed E-state index contributed by atoms with van der Waals surface area (Å²) in [6.45, 7) is 3.54. The number of aromatic nitrogens is 1. The molecule has 1 aromatic heterocycles. The van der Waals surface area contributed by atoms with E-state index < -0.39 is 70.2 Å². The number of hydrogen-bond donors (Lipinski definition) is 6. The van der Waals surface area contributed by atoms with E-state index in [1.807, 2.05) is 0 Å². The van der Waals surface area contributed by atoms with Crippen molar-refractivity contribution in [1.29, 1.82) is 0 Å². The first-order valence-electron chi connectivity index (χ1n) is 16.0. The molecule has 0 unspecified atom stereocenters. The number of benzene rings is 1. The zero-order valence-electron chi connectivity index (χ0n) is 27.2. The lowest BCUT2D eigenvalue weighted by Crippen LogP contribution is -2.71. The molecule has 3 saturated heterocycles. The molecule has 272 valence electrons. The number of phenols is 2. The summed E-state index contributed by atoms with van der Waals surface area (Å²) >= 11 is 2.30. The molecule has 17 nitrogen and oxygen atoms in total. The van der Waals surface area contributed by atoms with Gasteiger partial charge in [-0.1, -0.05) is 12.1 Å². The van der Waals surface area contributed by atoms with E-state index in [-0.39, 0.29) is 53.4 Å². The van der Waals surface area contributed by atoms with Crippen LogP contribution in [-0.2, 0) is 24.0 Å². The molecule has 1 aromatic carbocycles. The number of aliphatic carboxylic acids is 2. The predicted octanol–water partition coefficient (Wildman–Crippen LogP) is 0.733. The first-order chi connectivity index (χ1) is 24.3. The molecular weight excluding hydrogens is 714 g/mol. The van der Waals surface area contributed by atoms with Crippen LogP contribution in [0.3, 0.4) is 0 Å². The lowest BCUT2D eigenvalue weighted by atomic mass is 10.0. The van der Waals surface area contributed by atoms with E-state index in [1.165, 1.54) is 22.0 Å². The standard InChI is InChI=1S/C31H34FN7O10S2/c1-2-19(29(45)46)49-36-21(17-13-51-31(33)34-17)25(42)35-22-27(44)38-23(30(47)48)14(12-50-28(22)38)11-39-8-3-4-15(39)10-37(7-9-39)26(43)16-5-6-18(40)24(41)20(16)32/h5-6,13,15,19,22,28H,2-4,7-12H2,1H3,(H6-,33,34,35,36,40,41,42,43,45,46,47,48)/p+1/t15-,19-,22+,28+,39+/m0/s1. The molecule has 6 rings (SSSR count). The van der Waals surface area contributed by atoms with Gasteiger partial charge in [0.2, 0.25) is 6.10 Å². The van der Waals surface area contributed by atoms with Gasteiger partial charge in [0, 0.05) is 29.5 Å². The Morgan fingerprint density at radius 2 is 2.00 bits per heavy atom. The van der Waals surface area contributed by atoms with Gasteiger partial charge in [-0.25, -0.2) is 19.0 Å². The number of β-lactam (4-membered cyclic amide) rings is 1. The van der Waals surface area contributed by atoms with Crippen molar-refractivity contribution in [3.8, 4) is 11.5 Å². The summed E-state index contributed by atoms with van der Waals surface area (Å²) in [5.74, 6) is -7.39. The molecule has 20 heteroatoms. The van der Waals surface area contributed by atoms with Gasteiger partial charge in [0.25, 0.3) is 17.7 Å². The minimum atomic E-state index is -1.35. The molecule has 3 fully saturated rings. The Morgan fingerprint density at radius 1 is 1.24 bits per heavy atom. The molecule has 0 bridgehead atoms. The monoisotopic (exact) mass is 748 g/mol. The maximum absolute atomic E-state index is 14.6. The highest BCUT2D eigenvalue weighted by Crippen LogP contribution is 2.43. The normalized spacial score (nSPS) is 25.1. The van der Waals surface area contributed by atoms with Crippen molar-refractivity contribution in [3.63, 3.8) is 0 Å². The van der Waals surface area contributed by atoms with Gasteiger partial charge in [0.15, 0.2) is 28.2 Å². The number of nitrogens with one attached hydrogen (secondary N) is 1. The maximum Gasteiger partial charge on any atom is 0.352 e. The highest BCUT2D eigenvalue weighted by molar-refractivity contribution is 8.00. The van der Waals surface area contributed by atoms with E-state index in [4.69, 9.17) is 10.6 Å². The second kappa shape index (κ2) is 14.0. The number of nitrogens with zero attached hydrogens (tertiary/aromatic N) is 5. The summed E-state index contributed by atoms with van der Waals surface area (Å²) in [6.07, 6.45) is 0.254. The lowest BCUT2D eigenvalue weighted by Gasteiger charge is -2.51. The fraction of sp³-hybridized carbons (Fsp3) is 0.452. The number of carboxylic acids is 2. The summed E-state index contributed by atoms with van der Waals surface area (Å²) in [6, 6.07) is 0.958. The number of halogens is 1. The van der Waals surface area contributed by atoms with E-state index >= 15 is 0 Å².